The van der Waals surface area contributed by atoms with Crippen LogP contribution < -0.4 is 11.1 Å². The minimum Gasteiger partial charge on any atom is -0.397 e. The molecular weight excluding hydrogens is 296 g/mol. The van der Waals surface area contributed by atoms with Crippen molar-refractivity contribution in [3.8, 4) is 0 Å². The van der Waals surface area contributed by atoms with Gasteiger partial charge in [-0.1, -0.05) is 31.9 Å². The van der Waals surface area contributed by atoms with E-state index in [0.29, 0.717) is 33.8 Å². The summed E-state index contributed by atoms with van der Waals surface area (Å²) in [7, 11) is -0.943. The van der Waals surface area contributed by atoms with Crippen molar-refractivity contribution in [2.75, 3.05) is 22.6 Å². The van der Waals surface area contributed by atoms with Crippen LogP contribution >= 0.6 is 11.6 Å². The molecule has 2 unspecified atom stereocenters. The van der Waals surface area contributed by atoms with Crippen molar-refractivity contribution < 1.29 is 9.00 Å². The number of rotatable bonds is 7. The Bertz CT molecular complexity index is 494. The molecule has 1 amide bonds. The maximum Gasteiger partial charge on any atom is 0.225 e. The zero-order valence-electron chi connectivity index (χ0n) is 11.8. The number of nitrogens with one attached hydrogen (secondary N) is 1. The summed E-state index contributed by atoms with van der Waals surface area (Å²) in [6, 6.07) is 4.93. The third-order valence-corrected chi connectivity index (χ3v) is 4.95. The van der Waals surface area contributed by atoms with E-state index in [2.05, 4.69) is 19.2 Å². The number of nitrogen functional groups attached to an aromatic ring is 1. The Balaban J connectivity index is 2.40. The fourth-order valence-corrected chi connectivity index (χ4v) is 3.14. The molecule has 0 aliphatic carbocycles. The first-order chi connectivity index (χ1) is 9.42. The molecule has 0 saturated heterocycles. The number of carbonyl (C=O) groups is 1. The van der Waals surface area contributed by atoms with E-state index in [1.807, 2.05) is 0 Å². The van der Waals surface area contributed by atoms with E-state index in [-0.39, 0.29) is 12.3 Å². The molecular formula is C14H21ClN2O2S. The topological polar surface area (TPSA) is 72.2 Å². The van der Waals surface area contributed by atoms with Crippen molar-refractivity contribution in [3.05, 3.63) is 23.2 Å². The summed E-state index contributed by atoms with van der Waals surface area (Å²) in [5.41, 5.74) is 6.68. The van der Waals surface area contributed by atoms with Gasteiger partial charge in [-0.25, -0.2) is 0 Å². The number of nitrogens with two attached hydrogens (primary N) is 1. The normalized spacial score (nSPS) is 13.8. The van der Waals surface area contributed by atoms with Gasteiger partial charge in [0.25, 0.3) is 0 Å². The molecule has 1 aromatic rings. The summed E-state index contributed by atoms with van der Waals surface area (Å²) in [5, 5.41) is 3.18. The van der Waals surface area contributed by atoms with Gasteiger partial charge in [0.05, 0.1) is 10.7 Å². The van der Waals surface area contributed by atoms with Crippen LogP contribution in [-0.2, 0) is 15.6 Å². The molecule has 1 rings (SSSR count). The average molecular weight is 317 g/mol. The zero-order valence-corrected chi connectivity index (χ0v) is 13.4. The molecule has 3 N–H and O–H groups in total. The van der Waals surface area contributed by atoms with Crippen LogP contribution in [0.2, 0.25) is 5.02 Å². The molecule has 4 nitrogen and oxygen atoms in total. The van der Waals surface area contributed by atoms with Gasteiger partial charge in [0.15, 0.2) is 0 Å². The Labute approximate surface area is 127 Å². The van der Waals surface area contributed by atoms with Crippen LogP contribution in [0, 0.1) is 5.92 Å². The predicted octanol–water partition coefficient (Wildman–Crippen LogP) is 3.05. The molecule has 0 bridgehead atoms. The van der Waals surface area contributed by atoms with Crippen LogP contribution in [0.15, 0.2) is 18.2 Å². The highest BCUT2D eigenvalue weighted by atomic mass is 35.5. The van der Waals surface area contributed by atoms with Crippen molar-refractivity contribution in [2.24, 2.45) is 5.92 Å². The second-order valence-corrected chi connectivity index (χ2v) is 6.89. The quantitative estimate of drug-likeness (QED) is 0.759. The van der Waals surface area contributed by atoms with E-state index in [0.717, 1.165) is 6.42 Å². The molecule has 0 aliphatic heterocycles. The van der Waals surface area contributed by atoms with E-state index < -0.39 is 10.8 Å². The van der Waals surface area contributed by atoms with Crippen molar-refractivity contribution in [1.82, 2.24) is 0 Å². The van der Waals surface area contributed by atoms with Crippen molar-refractivity contribution in [2.45, 2.75) is 26.7 Å². The van der Waals surface area contributed by atoms with E-state index in [9.17, 15) is 9.00 Å². The van der Waals surface area contributed by atoms with Crippen molar-refractivity contribution in [3.63, 3.8) is 0 Å². The third-order valence-electron chi connectivity index (χ3n) is 3.00. The highest BCUT2D eigenvalue weighted by molar-refractivity contribution is 7.85. The molecule has 6 heteroatoms. The van der Waals surface area contributed by atoms with Crippen LogP contribution in [-0.4, -0.2) is 21.6 Å². The van der Waals surface area contributed by atoms with E-state index >= 15 is 0 Å². The van der Waals surface area contributed by atoms with Gasteiger partial charge in [-0.15, -0.1) is 0 Å². The Morgan fingerprint density at radius 2 is 2.20 bits per heavy atom. The average Bonchev–Trinajstić information content (AvgIpc) is 2.40. The van der Waals surface area contributed by atoms with Crippen LogP contribution in [0.25, 0.3) is 0 Å². The molecule has 2 atom stereocenters. The lowest BCUT2D eigenvalue weighted by atomic mass is 10.2. The molecule has 0 aliphatic rings. The van der Waals surface area contributed by atoms with Gasteiger partial charge < -0.3 is 11.1 Å². The number of hydrogen-bond acceptors (Lipinski definition) is 3. The van der Waals surface area contributed by atoms with Crippen molar-refractivity contribution >= 4 is 39.7 Å². The predicted molar refractivity (Wildman–Crippen MR) is 86.4 cm³/mol. The molecule has 0 saturated carbocycles. The summed E-state index contributed by atoms with van der Waals surface area (Å²) >= 11 is 5.80. The van der Waals surface area contributed by atoms with Crippen LogP contribution in [0.3, 0.4) is 0 Å². The molecule has 1 aromatic carbocycles. The lowest BCUT2D eigenvalue weighted by Crippen LogP contribution is -2.17. The van der Waals surface area contributed by atoms with E-state index in [1.54, 1.807) is 18.2 Å². The maximum absolute atomic E-state index is 11.8. The summed E-state index contributed by atoms with van der Waals surface area (Å²) in [6.07, 6.45) is 1.24. The standard InChI is InChI=1S/C14H21ClN2O2S/c1-3-10(2)9-20(19)7-6-14(18)17-11-4-5-12(15)13(16)8-11/h4-5,8,10H,3,6-7,9,16H2,1-2H3,(H,17,18). The second kappa shape index (κ2) is 8.27. The number of carbonyl (C=O) groups excluding carboxylic acids is 1. The first kappa shape index (κ1) is 17.0. The van der Waals surface area contributed by atoms with Crippen LogP contribution in [0.5, 0.6) is 0 Å². The number of anilines is 2. The monoisotopic (exact) mass is 316 g/mol. The fraction of sp³-hybridized carbons (Fsp3) is 0.500. The number of amides is 1. The molecule has 0 spiro atoms. The minimum absolute atomic E-state index is 0.163. The van der Waals surface area contributed by atoms with Crippen molar-refractivity contribution in [1.29, 1.82) is 0 Å². The van der Waals surface area contributed by atoms with Gasteiger partial charge >= 0.3 is 0 Å². The molecule has 0 heterocycles. The summed E-state index contributed by atoms with van der Waals surface area (Å²) in [6.45, 7) is 4.13. The van der Waals surface area contributed by atoms with Gasteiger partial charge in [-0.2, -0.15) is 0 Å². The SMILES string of the molecule is CCC(C)CS(=O)CCC(=O)Nc1ccc(Cl)c(N)c1. The van der Waals surface area contributed by atoms with Gasteiger partial charge in [0.1, 0.15) is 0 Å². The first-order valence-corrected chi connectivity index (χ1v) is 8.48. The highest BCUT2D eigenvalue weighted by Crippen LogP contribution is 2.22. The van der Waals surface area contributed by atoms with Gasteiger partial charge in [0, 0.05) is 34.4 Å². The smallest absolute Gasteiger partial charge is 0.225 e. The molecule has 20 heavy (non-hydrogen) atoms. The Hall–Kier alpha value is -1.07. The summed E-state index contributed by atoms with van der Waals surface area (Å²) in [5.74, 6) is 1.30. The van der Waals surface area contributed by atoms with Crippen LogP contribution in [0.4, 0.5) is 11.4 Å². The molecule has 112 valence electrons. The maximum atomic E-state index is 11.8. The molecule has 0 aromatic heterocycles. The lowest BCUT2D eigenvalue weighted by Gasteiger charge is -2.09. The van der Waals surface area contributed by atoms with Gasteiger partial charge in [0.2, 0.25) is 5.91 Å². The van der Waals surface area contributed by atoms with Gasteiger partial charge in [-0.3, -0.25) is 9.00 Å². The minimum atomic E-state index is -0.943. The fourth-order valence-electron chi connectivity index (χ4n) is 1.57. The Morgan fingerprint density at radius 1 is 1.50 bits per heavy atom. The van der Waals surface area contributed by atoms with Crippen LogP contribution in [0.1, 0.15) is 26.7 Å². The molecule has 0 fully saturated rings. The van der Waals surface area contributed by atoms with E-state index in [4.69, 9.17) is 17.3 Å². The highest BCUT2D eigenvalue weighted by Gasteiger charge is 2.09. The summed E-state index contributed by atoms with van der Waals surface area (Å²) < 4.78 is 11.8. The summed E-state index contributed by atoms with van der Waals surface area (Å²) in [4.78, 5) is 11.7. The van der Waals surface area contributed by atoms with E-state index in [1.165, 1.54) is 0 Å². The lowest BCUT2D eigenvalue weighted by molar-refractivity contribution is -0.115. The Kier molecular flexibility index (Phi) is 7.02. The Morgan fingerprint density at radius 3 is 2.80 bits per heavy atom. The molecule has 0 radical (unpaired) electrons. The number of benzene rings is 1. The first-order valence-electron chi connectivity index (χ1n) is 6.62. The number of halogens is 1. The second-order valence-electron chi connectivity index (χ2n) is 4.86. The zero-order chi connectivity index (χ0) is 15.1. The largest absolute Gasteiger partial charge is 0.397 e. The third kappa shape index (κ3) is 5.92. The van der Waals surface area contributed by atoms with Gasteiger partial charge in [-0.05, 0) is 24.1 Å². The number of hydrogen-bond donors (Lipinski definition) is 2.